The Bertz CT molecular complexity index is 812. The highest BCUT2D eigenvalue weighted by Crippen LogP contribution is 2.21. The van der Waals surface area contributed by atoms with Crippen LogP contribution in [-0.2, 0) is 9.59 Å². The average molecular weight is 380 g/mol. The fraction of sp³-hybridized carbons (Fsp3) is 0.391. The van der Waals surface area contributed by atoms with Gasteiger partial charge in [-0.25, -0.2) is 0 Å². The van der Waals surface area contributed by atoms with Gasteiger partial charge in [0.15, 0.2) is 0 Å². The van der Waals surface area contributed by atoms with Crippen LogP contribution in [0.4, 0.5) is 5.69 Å². The number of carbonyl (C=O) groups is 2. The summed E-state index contributed by atoms with van der Waals surface area (Å²) < 4.78 is 5.79. The van der Waals surface area contributed by atoms with E-state index in [1.54, 1.807) is 0 Å². The molecular formula is C23H28N2O3. The molecule has 1 fully saturated rings. The molecule has 2 aromatic carbocycles. The van der Waals surface area contributed by atoms with E-state index in [1.807, 2.05) is 67.3 Å². The van der Waals surface area contributed by atoms with Crippen LogP contribution in [0.25, 0.3) is 0 Å². The first-order valence-electron chi connectivity index (χ1n) is 9.86. The number of carbonyl (C=O) groups excluding carboxylic acids is 2. The maximum Gasteiger partial charge on any atom is 0.227 e. The summed E-state index contributed by atoms with van der Waals surface area (Å²) in [5.74, 6) is 0.920. The van der Waals surface area contributed by atoms with Gasteiger partial charge in [0.1, 0.15) is 5.75 Å². The lowest BCUT2D eigenvalue weighted by Crippen LogP contribution is -2.41. The summed E-state index contributed by atoms with van der Waals surface area (Å²) in [6.45, 7) is 5.64. The third-order valence-electron chi connectivity index (χ3n) is 5.18. The van der Waals surface area contributed by atoms with Gasteiger partial charge >= 0.3 is 0 Å². The number of ether oxygens (including phenoxy) is 1. The van der Waals surface area contributed by atoms with Crippen molar-refractivity contribution in [3.05, 3.63) is 59.7 Å². The van der Waals surface area contributed by atoms with Crippen LogP contribution in [0.2, 0.25) is 0 Å². The van der Waals surface area contributed by atoms with E-state index in [0.29, 0.717) is 39.0 Å². The number of rotatable bonds is 6. The van der Waals surface area contributed by atoms with Crippen molar-refractivity contribution >= 4 is 17.5 Å². The Morgan fingerprint density at radius 2 is 1.79 bits per heavy atom. The molecule has 0 spiro atoms. The lowest BCUT2D eigenvalue weighted by Gasteiger charge is -2.31. The minimum atomic E-state index is -0.0459. The Labute approximate surface area is 166 Å². The monoisotopic (exact) mass is 380 g/mol. The zero-order valence-electron chi connectivity index (χ0n) is 16.6. The van der Waals surface area contributed by atoms with Gasteiger partial charge in [-0.1, -0.05) is 30.3 Å². The van der Waals surface area contributed by atoms with Gasteiger partial charge in [0, 0.05) is 24.7 Å². The molecule has 0 atom stereocenters. The second kappa shape index (κ2) is 9.40. The van der Waals surface area contributed by atoms with Crippen molar-refractivity contribution in [1.82, 2.24) is 4.90 Å². The predicted octanol–water partition coefficient (Wildman–Crippen LogP) is 3.95. The topological polar surface area (TPSA) is 58.6 Å². The fourth-order valence-corrected chi connectivity index (χ4v) is 3.43. The average Bonchev–Trinajstić information content (AvgIpc) is 2.71. The minimum Gasteiger partial charge on any atom is -0.493 e. The van der Waals surface area contributed by atoms with Gasteiger partial charge < -0.3 is 15.0 Å². The van der Waals surface area contributed by atoms with Crippen LogP contribution >= 0.6 is 0 Å². The van der Waals surface area contributed by atoms with E-state index in [2.05, 4.69) is 5.32 Å². The lowest BCUT2D eigenvalue weighted by molar-refractivity contribution is -0.135. The van der Waals surface area contributed by atoms with Gasteiger partial charge in [-0.3, -0.25) is 9.59 Å². The van der Waals surface area contributed by atoms with Crippen molar-refractivity contribution in [1.29, 1.82) is 0 Å². The standard InChI is InChI=1S/C23H28N2O3/c1-17-8-9-18(2)21(16-17)28-15-12-22(26)25-13-10-19(11-14-25)23(27)24-20-6-4-3-5-7-20/h3-9,16,19H,10-15H2,1-2H3,(H,24,27). The number of amides is 2. The molecule has 0 bridgehead atoms. The number of aryl methyl sites for hydroxylation is 2. The van der Waals surface area contributed by atoms with Crippen LogP contribution < -0.4 is 10.1 Å². The molecule has 0 saturated carbocycles. The van der Waals surface area contributed by atoms with Crippen molar-refractivity contribution in [2.24, 2.45) is 5.92 Å². The molecule has 0 aliphatic carbocycles. The molecule has 0 aromatic heterocycles. The summed E-state index contributed by atoms with van der Waals surface area (Å²) in [5, 5.41) is 2.96. The molecule has 1 N–H and O–H groups in total. The molecule has 3 rings (SSSR count). The van der Waals surface area contributed by atoms with Crippen LogP contribution in [-0.4, -0.2) is 36.4 Å². The number of para-hydroxylation sites is 1. The van der Waals surface area contributed by atoms with E-state index in [1.165, 1.54) is 0 Å². The molecular weight excluding hydrogens is 352 g/mol. The second-order valence-electron chi connectivity index (χ2n) is 7.38. The molecule has 0 unspecified atom stereocenters. The van der Waals surface area contributed by atoms with Crippen molar-refractivity contribution in [2.45, 2.75) is 33.1 Å². The van der Waals surface area contributed by atoms with Crippen LogP contribution in [0, 0.1) is 19.8 Å². The molecule has 1 aliphatic heterocycles. The number of piperidine rings is 1. The first-order chi connectivity index (χ1) is 13.5. The van der Waals surface area contributed by atoms with E-state index in [4.69, 9.17) is 4.74 Å². The van der Waals surface area contributed by atoms with Gasteiger partial charge in [0.25, 0.3) is 0 Å². The fourth-order valence-electron chi connectivity index (χ4n) is 3.43. The van der Waals surface area contributed by atoms with Gasteiger partial charge in [-0.2, -0.15) is 0 Å². The number of nitrogens with zero attached hydrogens (tertiary/aromatic N) is 1. The third kappa shape index (κ3) is 5.35. The molecule has 1 heterocycles. The van der Waals surface area contributed by atoms with Gasteiger partial charge in [0.2, 0.25) is 11.8 Å². The summed E-state index contributed by atoms with van der Waals surface area (Å²) in [7, 11) is 0. The zero-order chi connectivity index (χ0) is 19.9. The van der Waals surface area contributed by atoms with Gasteiger partial charge in [0.05, 0.1) is 13.0 Å². The summed E-state index contributed by atoms with van der Waals surface area (Å²) in [6.07, 6.45) is 1.75. The highest BCUT2D eigenvalue weighted by atomic mass is 16.5. The van der Waals surface area contributed by atoms with E-state index < -0.39 is 0 Å². The highest BCUT2D eigenvalue weighted by molar-refractivity contribution is 5.92. The quantitative estimate of drug-likeness (QED) is 0.825. The van der Waals surface area contributed by atoms with Crippen molar-refractivity contribution in [3.8, 4) is 5.75 Å². The van der Waals surface area contributed by atoms with Crippen molar-refractivity contribution in [3.63, 3.8) is 0 Å². The summed E-state index contributed by atoms with van der Waals surface area (Å²) >= 11 is 0. The largest absolute Gasteiger partial charge is 0.493 e. The Balaban J connectivity index is 1.41. The number of hydrogen-bond donors (Lipinski definition) is 1. The Morgan fingerprint density at radius 3 is 2.50 bits per heavy atom. The normalized spacial score (nSPS) is 14.6. The number of hydrogen-bond acceptors (Lipinski definition) is 3. The first kappa shape index (κ1) is 19.9. The van der Waals surface area contributed by atoms with E-state index >= 15 is 0 Å². The Kier molecular flexibility index (Phi) is 6.69. The SMILES string of the molecule is Cc1ccc(C)c(OCCC(=O)N2CCC(C(=O)Nc3ccccc3)CC2)c1. The molecule has 0 radical (unpaired) electrons. The third-order valence-corrected chi connectivity index (χ3v) is 5.18. The Hall–Kier alpha value is -2.82. The summed E-state index contributed by atoms with van der Waals surface area (Å²) in [4.78, 5) is 26.7. The van der Waals surface area contributed by atoms with Crippen LogP contribution in [0.15, 0.2) is 48.5 Å². The van der Waals surface area contributed by atoms with Crippen LogP contribution in [0.5, 0.6) is 5.75 Å². The van der Waals surface area contributed by atoms with E-state index in [0.717, 1.165) is 22.6 Å². The summed E-state index contributed by atoms with van der Waals surface area (Å²) in [5.41, 5.74) is 3.03. The molecule has 1 saturated heterocycles. The molecule has 5 heteroatoms. The van der Waals surface area contributed by atoms with Crippen molar-refractivity contribution in [2.75, 3.05) is 25.0 Å². The van der Waals surface area contributed by atoms with Gasteiger partial charge in [-0.15, -0.1) is 0 Å². The van der Waals surface area contributed by atoms with Gasteiger partial charge in [-0.05, 0) is 56.0 Å². The number of nitrogens with one attached hydrogen (secondary N) is 1. The maximum absolute atomic E-state index is 12.5. The van der Waals surface area contributed by atoms with Crippen molar-refractivity contribution < 1.29 is 14.3 Å². The maximum atomic E-state index is 12.5. The molecule has 5 nitrogen and oxygen atoms in total. The van der Waals surface area contributed by atoms with Crippen LogP contribution in [0.1, 0.15) is 30.4 Å². The number of anilines is 1. The first-order valence-corrected chi connectivity index (χ1v) is 9.86. The van der Waals surface area contributed by atoms with Crippen LogP contribution in [0.3, 0.4) is 0 Å². The summed E-state index contributed by atoms with van der Waals surface area (Å²) in [6, 6.07) is 15.6. The lowest BCUT2D eigenvalue weighted by atomic mass is 9.95. The zero-order valence-corrected chi connectivity index (χ0v) is 16.6. The molecule has 1 aliphatic rings. The second-order valence-corrected chi connectivity index (χ2v) is 7.38. The number of likely N-dealkylation sites (tertiary alicyclic amines) is 1. The van der Waals surface area contributed by atoms with E-state index in [9.17, 15) is 9.59 Å². The molecule has 2 amide bonds. The van der Waals surface area contributed by atoms with E-state index in [-0.39, 0.29) is 17.7 Å². The number of benzene rings is 2. The minimum absolute atomic E-state index is 0.0385. The molecule has 148 valence electrons. The smallest absolute Gasteiger partial charge is 0.227 e. The molecule has 28 heavy (non-hydrogen) atoms. The molecule has 2 aromatic rings. The predicted molar refractivity (Wildman–Crippen MR) is 110 cm³/mol. The highest BCUT2D eigenvalue weighted by Gasteiger charge is 2.27. The Morgan fingerprint density at radius 1 is 1.07 bits per heavy atom.